The Kier molecular flexibility index (Phi) is 7.18. The zero-order chi connectivity index (χ0) is 26.8. The second-order valence-electron chi connectivity index (χ2n) is 10.1. The molecule has 0 aliphatic carbocycles. The third kappa shape index (κ3) is 5.60. The molecule has 0 saturated carbocycles. The van der Waals surface area contributed by atoms with E-state index in [-0.39, 0.29) is 5.91 Å². The third-order valence-electron chi connectivity index (χ3n) is 7.20. The molecule has 0 N–H and O–H groups in total. The summed E-state index contributed by atoms with van der Waals surface area (Å²) in [7, 11) is 0. The Morgan fingerprint density at radius 3 is 2.36 bits per heavy atom. The molecule has 2 aliphatic rings. The molecule has 39 heavy (non-hydrogen) atoms. The molecule has 0 spiro atoms. The predicted octanol–water partition coefficient (Wildman–Crippen LogP) is 5.94. The summed E-state index contributed by atoms with van der Waals surface area (Å²) < 4.78 is 1.89. The molecule has 0 bridgehead atoms. The van der Waals surface area contributed by atoms with Gasteiger partial charge in [-0.1, -0.05) is 66.2 Å². The van der Waals surface area contributed by atoms with Crippen LogP contribution in [0.5, 0.6) is 0 Å². The number of aliphatic imine (C=N–C) groups is 1. The van der Waals surface area contributed by atoms with Gasteiger partial charge < -0.3 is 4.90 Å². The Morgan fingerprint density at radius 1 is 0.897 bits per heavy atom. The first-order valence-electron chi connectivity index (χ1n) is 13.3. The lowest BCUT2D eigenvalue weighted by Gasteiger charge is -2.35. The average Bonchev–Trinajstić information content (AvgIpc) is 3.55. The van der Waals surface area contributed by atoms with Crippen LogP contribution in [0.2, 0.25) is 0 Å². The number of hydrogen-bond donors (Lipinski definition) is 0. The van der Waals surface area contributed by atoms with Gasteiger partial charge >= 0.3 is 0 Å². The Balaban J connectivity index is 1.23. The Morgan fingerprint density at radius 2 is 1.62 bits per heavy atom. The normalized spacial score (nSPS) is 17.2. The van der Waals surface area contributed by atoms with Gasteiger partial charge in [-0.2, -0.15) is 10.1 Å². The molecule has 0 unspecified atom stereocenters. The maximum absolute atomic E-state index is 13.0. The van der Waals surface area contributed by atoms with Crippen LogP contribution in [0.4, 0.5) is 0 Å². The maximum atomic E-state index is 13.0. The summed E-state index contributed by atoms with van der Waals surface area (Å²) in [6.07, 6.45) is 3.96. The van der Waals surface area contributed by atoms with E-state index in [0.29, 0.717) is 4.91 Å². The summed E-state index contributed by atoms with van der Waals surface area (Å²) >= 11 is 1.47. The SMILES string of the molecule is Cc1ccc(C)c(-c2nn(-c3ccccc3)cc2/C=C2\SC(N3CCN(Cc4ccccc4)CC3)=NC2=O)c1. The number of para-hydroxylation sites is 1. The molecular weight excluding hydrogens is 502 g/mol. The van der Waals surface area contributed by atoms with Crippen LogP contribution >= 0.6 is 11.8 Å². The van der Waals surface area contributed by atoms with Gasteiger partial charge in [0.2, 0.25) is 0 Å². The second-order valence-corrected chi connectivity index (χ2v) is 11.1. The van der Waals surface area contributed by atoms with Crippen molar-refractivity contribution in [1.82, 2.24) is 19.6 Å². The van der Waals surface area contributed by atoms with Gasteiger partial charge in [-0.05, 0) is 61.0 Å². The highest BCUT2D eigenvalue weighted by molar-refractivity contribution is 8.18. The minimum absolute atomic E-state index is 0.180. The minimum Gasteiger partial charge on any atom is -0.348 e. The van der Waals surface area contributed by atoms with E-state index >= 15 is 0 Å². The second kappa shape index (κ2) is 11.0. The molecule has 3 heterocycles. The van der Waals surface area contributed by atoms with E-state index in [2.05, 4.69) is 77.2 Å². The molecule has 3 aromatic carbocycles. The van der Waals surface area contributed by atoms with Crippen LogP contribution in [-0.4, -0.2) is 56.8 Å². The van der Waals surface area contributed by atoms with Crippen LogP contribution in [0.3, 0.4) is 0 Å². The monoisotopic (exact) mass is 533 g/mol. The zero-order valence-corrected chi connectivity index (χ0v) is 23.1. The number of piperazine rings is 1. The summed E-state index contributed by atoms with van der Waals surface area (Å²) in [4.78, 5) is 22.8. The molecule has 196 valence electrons. The van der Waals surface area contributed by atoms with E-state index < -0.39 is 0 Å². The molecule has 1 saturated heterocycles. The molecule has 2 aliphatic heterocycles. The van der Waals surface area contributed by atoms with Gasteiger partial charge in [-0.15, -0.1) is 0 Å². The van der Waals surface area contributed by atoms with E-state index in [9.17, 15) is 4.79 Å². The minimum atomic E-state index is -0.180. The first-order chi connectivity index (χ1) is 19.0. The largest absolute Gasteiger partial charge is 0.348 e. The summed E-state index contributed by atoms with van der Waals surface area (Å²) in [5, 5.41) is 5.77. The Hall–Kier alpha value is -3.94. The van der Waals surface area contributed by atoms with Crippen molar-refractivity contribution in [3.8, 4) is 16.9 Å². The number of thioether (sulfide) groups is 1. The number of carbonyl (C=O) groups is 1. The number of amides is 1. The van der Waals surface area contributed by atoms with Crippen LogP contribution in [0.25, 0.3) is 23.0 Å². The van der Waals surface area contributed by atoms with Crippen molar-refractivity contribution in [1.29, 1.82) is 0 Å². The van der Waals surface area contributed by atoms with Crippen LogP contribution in [0.15, 0.2) is 95.0 Å². The fourth-order valence-electron chi connectivity index (χ4n) is 5.02. The Bertz CT molecular complexity index is 1550. The number of hydrogen-bond acceptors (Lipinski definition) is 5. The van der Waals surface area contributed by atoms with Crippen LogP contribution < -0.4 is 0 Å². The lowest BCUT2D eigenvalue weighted by atomic mass is 10.0. The number of rotatable bonds is 5. The smallest absolute Gasteiger partial charge is 0.286 e. The quantitative estimate of drug-likeness (QED) is 0.297. The zero-order valence-electron chi connectivity index (χ0n) is 22.2. The molecule has 7 heteroatoms. The highest BCUT2D eigenvalue weighted by Gasteiger charge is 2.29. The van der Waals surface area contributed by atoms with E-state index in [1.165, 1.54) is 22.9 Å². The van der Waals surface area contributed by atoms with Crippen LogP contribution in [0.1, 0.15) is 22.3 Å². The van der Waals surface area contributed by atoms with Crippen molar-refractivity contribution >= 4 is 28.9 Å². The molecule has 1 aromatic heterocycles. The fourth-order valence-corrected chi connectivity index (χ4v) is 5.98. The molecule has 1 amide bonds. The van der Waals surface area contributed by atoms with E-state index in [0.717, 1.165) is 66.0 Å². The molecule has 6 rings (SSSR count). The van der Waals surface area contributed by atoms with Gasteiger partial charge in [0.15, 0.2) is 5.17 Å². The van der Waals surface area contributed by atoms with Gasteiger partial charge in [0.1, 0.15) is 5.69 Å². The summed E-state index contributed by atoms with van der Waals surface area (Å²) in [5.74, 6) is -0.180. The molecule has 6 nitrogen and oxygen atoms in total. The van der Waals surface area contributed by atoms with Crippen molar-refractivity contribution in [2.75, 3.05) is 26.2 Å². The number of amidine groups is 1. The van der Waals surface area contributed by atoms with Gasteiger partial charge in [-0.3, -0.25) is 9.69 Å². The van der Waals surface area contributed by atoms with Gasteiger partial charge in [0, 0.05) is 50.0 Å². The first kappa shape index (κ1) is 25.3. The standard InChI is InChI=1S/C32H31N5OS/c1-23-13-14-24(2)28(19-23)30-26(22-37(34-30)27-11-7-4-8-12-27)20-29-31(38)33-32(39-29)36-17-15-35(16-18-36)21-25-9-5-3-6-10-25/h3-14,19-20,22H,15-18,21H2,1-2H3/b29-20-. The van der Waals surface area contributed by atoms with Crippen molar-refractivity contribution in [3.05, 3.63) is 112 Å². The van der Waals surface area contributed by atoms with Gasteiger partial charge in [-0.25, -0.2) is 4.68 Å². The molecule has 4 aromatic rings. The van der Waals surface area contributed by atoms with Crippen molar-refractivity contribution < 1.29 is 4.79 Å². The van der Waals surface area contributed by atoms with E-state index in [1.807, 2.05) is 47.3 Å². The van der Waals surface area contributed by atoms with Crippen LogP contribution in [0, 0.1) is 13.8 Å². The molecule has 1 fully saturated rings. The van der Waals surface area contributed by atoms with Crippen molar-refractivity contribution in [2.45, 2.75) is 20.4 Å². The van der Waals surface area contributed by atoms with Gasteiger partial charge in [0.05, 0.1) is 10.6 Å². The summed E-state index contributed by atoms with van der Waals surface area (Å²) in [5.41, 5.74) is 7.47. The molecule has 0 atom stereocenters. The lowest BCUT2D eigenvalue weighted by Crippen LogP contribution is -2.47. The summed E-state index contributed by atoms with van der Waals surface area (Å²) in [6, 6.07) is 27.0. The first-order valence-corrected chi connectivity index (χ1v) is 14.1. The fraction of sp³-hybridized carbons (Fsp3) is 0.219. The van der Waals surface area contributed by atoms with E-state index in [4.69, 9.17) is 5.10 Å². The highest BCUT2D eigenvalue weighted by Crippen LogP contribution is 2.34. The number of carbonyl (C=O) groups excluding carboxylic acids is 1. The lowest BCUT2D eigenvalue weighted by molar-refractivity contribution is -0.113. The Labute approximate surface area is 233 Å². The molecular formula is C32H31N5OS. The van der Waals surface area contributed by atoms with Crippen molar-refractivity contribution in [2.24, 2.45) is 4.99 Å². The topological polar surface area (TPSA) is 53.7 Å². The third-order valence-corrected chi connectivity index (χ3v) is 8.24. The number of aryl methyl sites for hydroxylation is 2. The van der Waals surface area contributed by atoms with E-state index in [1.54, 1.807) is 0 Å². The van der Waals surface area contributed by atoms with Crippen molar-refractivity contribution in [3.63, 3.8) is 0 Å². The highest BCUT2D eigenvalue weighted by atomic mass is 32.2. The van der Waals surface area contributed by atoms with Crippen LogP contribution in [-0.2, 0) is 11.3 Å². The number of aromatic nitrogens is 2. The summed E-state index contributed by atoms with van der Waals surface area (Å²) in [6.45, 7) is 8.75. The number of nitrogens with zero attached hydrogens (tertiary/aromatic N) is 5. The average molecular weight is 534 g/mol. The molecule has 0 radical (unpaired) electrons. The van der Waals surface area contributed by atoms with Gasteiger partial charge in [0.25, 0.3) is 5.91 Å². The number of benzene rings is 3. The predicted molar refractivity (Wildman–Crippen MR) is 160 cm³/mol. The maximum Gasteiger partial charge on any atom is 0.286 e.